The second-order valence-corrected chi connectivity index (χ2v) is 4.72. The van der Waals surface area contributed by atoms with Gasteiger partial charge in [0.05, 0.1) is 0 Å². The summed E-state index contributed by atoms with van der Waals surface area (Å²) in [4.78, 5) is 16.1. The molecule has 2 heterocycles. The maximum atomic E-state index is 12.1. The van der Waals surface area contributed by atoms with Gasteiger partial charge in [-0.25, -0.2) is 0 Å². The summed E-state index contributed by atoms with van der Waals surface area (Å²) in [6.07, 6.45) is 3.30. The van der Waals surface area contributed by atoms with Crippen LogP contribution in [0.2, 0.25) is 5.02 Å². The molecular weight excluding hydrogens is 290 g/mol. The SMILES string of the molecule is O=C(Nc1cccc(Cl)c1)c1cc(-c2cccnc2)on1. The van der Waals surface area contributed by atoms with E-state index in [9.17, 15) is 4.79 Å². The fourth-order valence-corrected chi connectivity index (χ4v) is 1.98. The highest BCUT2D eigenvalue weighted by molar-refractivity contribution is 6.30. The van der Waals surface area contributed by atoms with Crippen LogP contribution in [-0.4, -0.2) is 16.0 Å². The molecule has 0 saturated carbocycles. The monoisotopic (exact) mass is 299 g/mol. The lowest BCUT2D eigenvalue weighted by atomic mass is 10.2. The Kier molecular flexibility index (Phi) is 3.66. The third kappa shape index (κ3) is 3.09. The van der Waals surface area contributed by atoms with Gasteiger partial charge in [-0.1, -0.05) is 22.8 Å². The van der Waals surface area contributed by atoms with E-state index in [4.69, 9.17) is 16.1 Å². The second kappa shape index (κ2) is 5.76. The number of nitrogens with zero attached hydrogens (tertiary/aromatic N) is 2. The molecule has 2 aromatic heterocycles. The zero-order valence-electron chi connectivity index (χ0n) is 10.8. The predicted octanol–water partition coefficient (Wildman–Crippen LogP) is 3.64. The van der Waals surface area contributed by atoms with Gasteiger partial charge in [0.25, 0.3) is 5.91 Å². The van der Waals surface area contributed by atoms with Gasteiger partial charge in [-0.15, -0.1) is 0 Å². The Bertz CT molecular complexity index is 771. The smallest absolute Gasteiger partial charge is 0.277 e. The number of anilines is 1. The van der Waals surface area contributed by atoms with Gasteiger partial charge in [0.2, 0.25) is 0 Å². The summed E-state index contributed by atoms with van der Waals surface area (Å²) >= 11 is 5.87. The van der Waals surface area contributed by atoms with E-state index in [0.29, 0.717) is 16.5 Å². The summed E-state index contributed by atoms with van der Waals surface area (Å²) in [5, 5.41) is 7.01. The van der Waals surface area contributed by atoms with Gasteiger partial charge < -0.3 is 9.84 Å². The summed E-state index contributed by atoms with van der Waals surface area (Å²) in [6, 6.07) is 12.1. The molecule has 3 aromatic rings. The van der Waals surface area contributed by atoms with Crippen molar-refractivity contribution in [2.45, 2.75) is 0 Å². The minimum Gasteiger partial charge on any atom is -0.355 e. The normalized spacial score (nSPS) is 10.3. The van der Waals surface area contributed by atoms with Crippen LogP contribution in [0.25, 0.3) is 11.3 Å². The van der Waals surface area contributed by atoms with E-state index >= 15 is 0 Å². The van der Waals surface area contributed by atoms with E-state index in [-0.39, 0.29) is 11.6 Å². The molecule has 0 unspecified atom stereocenters. The molecule has 1 amide bonds. The molecule has 0 aliphatic carbocycles. The third-order valence-electron chi connectivity index (χ3n) is 2.77. The second-order valence-electron chi connectivity index (χ2n) is 4.28. The number of carbonyl (C=O) groups is 1. The molecule has 0 aliphatic rings. The molecule has 0 radical (unpaired) electrons. The van der Waals surface area contributed by atoms with E-state index in [1.54, 1.807) is 48.8 Å². The molecule has 0 fully saturated rings. The number of hydrogen-bond donors (Lipinski definition) is 1. The summed E-state index contributed by atoms with van der Waals surface area (Å²) in [7, 11) is 0. The Hall–Kier alpha value is -2.66. The molecule has 5 nitrogen and oxygen atoms in total. The van der Waals surface area contributed by atoms with Crippen molar-refractivity contribution < 1.29 is 9.32 Å². The van der Waals surface area contributed by atoms with Crippen LogP contribution in [-0.2, 0) is 0 Å². The van der Waals surface area contributed by atoms with Gasteiger partial charge in [-0.2, -0.15) is 0 Å². The maximum Gasteiger partial charge on any atom is 0.277 e. The number of benzene rings is 1. The Labute approximate surface area is 125 Å². The van der Waals surface area contributed by atoms with Crippen LogP contribution in [0.15, 0.2) is 59.4 Å². The molecule has 104 valence electrons. The van der Waals surface area contributed by atoms with Crippen LogP contribution < -0.4 is 5.32 Å². The molecule has 0 atom stereocenters. The van der Waals surface area contributed by atoms with Crippen LogP contribution in [0.4, 0.5) is 5.69 Å². The third-order valence-corrected chi connectivity index (χ3v) is 3.01. The van der Waals surface area contributed by atoms with E-state index in [1.165, 1.54) is 0 Å². The Morgan fingerprint density at radius 3 is 2.86 bits per heavy atom. The highest BCUT2D eigenvalue weighted by Gasteiger charge is 2.14. The number of hydrogen-bond acceptors (Lipinski definition) is 4. The van der Waals surface area contributed by atoms with Gasteiger partial charge in [0, 0.05) is 34.7 Å². The van der Waals surface area contributed by atoms with Crippen LogP contribution >= 0.6 is 11.6 Å². The van der Waals surface area contributed by atoms with E-state index in [1.807, 2.05) is 6.07 Å². The lowest BCUT2D eigenvalue weighted by Gasteiger charge is -2.02. The lowest BCUT2D eigenvalue weighted by Crippen LogP contribution is -2.11. The molecule has 1 aromatic carbocycles. The maximum absolute atomic E-state index is 12.1. The molecule has 21 heavy (non-hydrogen) atoms. The largest absolute Gasteiger partial charge is 0.355 e. The fraction of sp³-hybridized carbons (Fsp3) is 0. The number of carbonyl (C=O) groups excluding carboxylic acids is 1. The minimum atomic E-state index is -0.365. The first-order valence-corrected chi connectivity index (χ1v) is 6.54. The van der Waals surface area contributed by atoms with Crippen LogP contribution in [0.5, 0.6) is 0 Å². The molecule has 3 rings (SSSR count). The van der Waals surface area contributed by atoms with Crippen molar-refractivity contribution in [1.29, 1.82) is 0 Å². The Morgan fingerprint density at radius 2 is 2.10 bits per heavy atom. The number of nitrogens with one attached hydrogen (secondary N) is 1. The van der Waals surface area contributed by atoms with Crippen molar-refractivity contribution in [3.8, 4) is 11.3 Å². The van der Waals surface area contributed by atoms with Gasteiger partial charge in [0.1, 0.15) is 0 Å². The molecule has 0 saturated heterocycles. The highest BCUT2D eigenvalue weighted by atomic mass is 35.5. The average Bonchev–Trinajstić information content (AvgIpc) is 2.98. The molecule has 1 N–H and O–H groups in total. The number of aromatic nitrogens is 2. The number of amides is 1. The van der Waals surface area contributed by atoms with Crippen LogP contribution in [0, 0.1) is 0 Å². The summed E-state index contributed by atoms with van der Waals surface area (Å²) in [6.45, 7) is 0. The molecule has 0 bridgehead atoms. The topological polar surface area (TPSA) is 68.0 Å². The summed E-state index contributed by atoms with van der Waals surface area (Å²) < 4.78 is 5.16. The van der Waals surface area contributed by atoms with Gasteiger partial charge in [-0.3, -0.25) is 9.78 Å². The van der Waals surface area contributed by atoms with E-state index < -0.39 is 0 Å². The molecule has 6 heteroatoms. The van der Waals surface area contributed by atoms with Crippen molar-refractivity contribution in [3.63, 3.8) is 0 Å². The van der Waals surface area contributed by atoms with Crippen LogP contribution in [0.3, 0.4) is 0 Å². The number of halogens is 1. The Balaban J connectivity index is 1.78. The molecule has 0 aliphatic heterocycles. The highest BCUT2D eigenvalue weighted by Crippen LogP contribution is 2.20. The predicted molar refractivity (Wildman–Crippen MR) is 79.1 cm³/mol. The molecular formula is C15H10ClN3O2. The van der Waals surface area contributed by atoms with E-state index in [0.717, 1.165) is 5.56 Å². The lowest BCUT2D eigenvalue weighted by molar-refractivity contribution is 0.101. The van der Waals surface area contributed by atoms with Gasteiger partial charge >= 0.3 is 0 Å². The average molecular weight is 300 g/mol. The quantitative estimate of drug-likeness (QED) is 0.801. The first-order chi connectivity index (χ1) is 10.2. The summed E-state index contributed by atoms with van der Waals surface area (Å²) in [5.74, 6) is 0.121. The number of rotatable bonds is 3. The van der Waals surface area contributed by atoms with Gasteiger partial charge in [-0.05, 0) is 30.3 Å². The zero-order chi connectivity index (χ0) is 14.7. The number of pyridine rings is 1. The van der Waals surface area contributed by atoms with Crippen LogP contribution in [0.1, 0.15) is 10.5 Å². The fourth-order valence-electron chi connectivity index (χ4n) is 1.79. The first-order valence-electron chi connectivity index (χ1n) is 6.16. The van der Waals surface area contributed by atoms with Crippen molar-refractivity contribution in [1.82, 2.24) is 10.1 Å². The van der Waals surface area contributed by atoms with E-state index in [2.05, 4.69) is 15.5 Å². The van der Waals surface area contributed by atoms with Crippen molar-refractivity contribution in [2.24, 2.45) is 0 Å². The minimum absolute atomic E-state index is 0.189. The van der Waals surface area contributed by atoms with Crippen molar-refractivity contribution in [3.05, 3.63) is 65.6 Å². The standard InChI is InChI=1S/C15H10ClN3O2/c16-11-4-1-5-12(7-11)18-15(20)13-8-14(21-19-13)10-3-2-6-17-9-10/h1-9H,(H,18,20). The summed E-state index contributed by atoms with van der Waals surface area (Å²) in [5.41, 5.74) is 1.54. The van der Waals surface area contributed by atoms with Crippen molar-refractivity contribution in [2.75, 3.05) is 5.32 Å². The van der Waals surface area contributed by atoms with Crippen molar-refractivity contribution >= 4 is 23.2 Å². The van der Waals surface area contributed by atoms with Gasteiger partial charge in [0.15, 0.2) is 11.5 Å². The first kappa shape index (κ1) is 13.3. The Morgan fingerprint density at radius 1 is 1.19 bits per heavy atom. The zero-order valence-corrected chi connectivity index (χ0v) is 11.5. The molecule has 0 spiro atoms.